The quantitative estimate of drug-likeness (QED) is 0.778. The number of benzene rings is 1. The molecule has 0 spiro atoms. The minimum absolute atomic E-state index is 0.149. The Labute approximate surface area is 166 Å². The standard InChI is InChI=1S/C21H30N2O5/c1-5-21(11-7-10-17(24)23(4)13-21)15-8-6-9-16(12-15)28-20(27)22-18(14(2)3)19(25)26/h6,8-9,12,14,18H,5,7,10-11,13H2,1-4H3,(H,22,27)(H,25,26). The van der Waals surface area contributed by atoms with Crippen molar-refractivity contribution in [3.05, 3.63) is 29.8 Å². The van der Waals surface area contributed by atoms with Crippen LogP contribution in [0.4, 0.5) is 4.79 Å². The number of likely N-dealkylation sites (tertiary alicyclic amines) is 1. The maximum atomic E-state index is 12.2. The van der Waals surface area contributed by atoms with E-state index in [2.05, 4.69) is 12.2 Å². The molecule has 2 atom stereocenters. The highest BCUT2D eigenvalue weighted by atomic mass is 16.6. The maximum absolute atomic E-state index is 12.2. The Balaban J connectivity index is 2.19. The molecule has 0 aliphatic carbocycles. The van der Waals surface area contributed by atoms with Gasteiger partial charge in [0.25, 0.3) is 0 Å². The summed E-state index contributed by atoms with van der Waals surface area (Å²) in [5.74, 6) is -0.861. The number of carboxylic acids is 1. The highest BCUT2D eigenvalue weighted by Gasteiger charge is 2.35. The molecule has 7 nitrogen and oxygen atoms in total. The predicted molar refractivity (Wildman–Crippen MR) is 105 cm³/mol. The van der Waals surface area contributed by atoms with E-state index < -0.39 is 18.1 Å². The van der Waals surface area contributed by atoms with E-state index in [-0.39, 0.29) is 17.2 Å². The Morgan fingerprint density at radius 2 is 2.07 bits per heavy atom. The van der Waals surface area contributed by atoms with Crippen LogP contribution >= 0.6 is 0 Å². The van der Waals surface area contributed by atoms with E-state index in [1.165, 1.54) is 0 Å². The first-order valence-corrected chi connectivity index (χ1v) is 9.74. The average molecular weight is 390 g/mol. The van der Waals surface area contributed by atoms with E-state index in [9.17, 15) is 19.5 Å². The number of carbonyl (C=O) groups excluding carboxylic acids is 2. The fraction of sp³-hybridized carbons (Fsp3) is 0.571. The highest BCUT2D eigenvalue weighted by Crippen LogP contribution is 2.37. The Bertz CT molecular complexity index is 733. The fourth-order valence-electron chi connectivity index (χ4n) is 3.78. The third-order valence-corrected chi connectivity index (χ3v) is 5.55. The topological polar surface area (TPSA) is 95.9 Å². The van der Waals surface area contributed by atoms with E-state index in [1.54, 1.807) is 24.8 Å². The number of hydrogen-bond donors (Lipinski definition) is 2. The summed E-state index contributed by atoms with van der Waals surface area (Å²) >= 11 is 0. The molecule has 28 heavy (non-hydrogen) atoms. The van der Waals surface area contributed by atoms with Gasteiger partial charge in [0.15, 0.2) is 0 Å². The summed E-state index contributed by atoms with van der Waals surface area (Å²) in [5, 5.41) is 11.6. The number of carboxylic acid groups (broad SMARTS) is 1. The van der Waals surface area contributed by atoms with E-state index in [0.29, 0.717) is 18.7 Å². The molecule has 2 rings (SSSR count). The lowest BCUT2D eigenvalue weighted by Crippen LogP contribution is -2.45. The molecular formula is C21H30N2O5. The van der Waals surface area contributed by atoms with E-state index >= 15 is 0 Å². The lowest BCUT2D eigenvalue weighted by Gasteiger charge is -2.35. The van der Waals surface area contributed by atoms with E-state index in [4.69, 9.17) is 4.74 Å². The van der Waals surface area contributed by atoms with Gasteiger partial charge in [0, 0.05) is 25.4 Å². The first-order chi connectivity index (χ1) is 13.2. The molecule has 0 saturated carbocycles. The maximum Gasteiger partial charge on any atom is 0.413 e. The number of likely N-dealkylation sites (N-methyl/N-ethyl adjacent to an activating group) is 1. The van der Waals surface area contributed by atoms with Crippen molar-refractivity contribution < 1.29 is 24.2 Å². The van der Waals surface area contributed by atoms with Crippen LogP contribution in [0.15, 0.2) is 24.3 Å². The second-order valence-corrected chi connectivity index (χ2v) is 7.86. The van der Waals surface area contributed by atoms with Gasteiger partial charge in [-0.3, -0.25) is 4.79 Å². The van der Waals surface area contributed by atoms with Crippen molar-refractivity contribution in [2.24, 2.45) is 5.92 Å². The van der Waals surface area contributed by atoms with Gasteiger partial charge in [-0.2, -0.15) is 0 Å². The van der Waals surface area contributed by atoms with Gasteiger partial charge in [-0.25, -0.2) is 9.59 Å². The zero-order valence-corrected chi connectivity index (χ0v) is 17.0. The number of rotatable bonds is 6. The van der Waals surface area contributed by atoms with Crippen LogP contribution in [-0.4, -0.2) is 47.6 Å². The Morgan fingerprint density at radius 1 is 1.36 bits per heavy atom. The first kappa shape index (κ1) is 21.7. The Hall–Kier alpha value is -2.57. The molecule has 1 aromatic carbocycles. The molecule has 2 N–H and O–H groups in total. The van der Waals surface area contributed by atoms with Gasteiger partial charge in [-0.05, 0) is 42.9 Å². The molecule has 1 aliphatic rings. The van der Waals surface area contributed by atoms with Gasteiger partial charge >= 0.3 is 12.1 Å². The zero-order chi connectivity index (χ0) is 20.9. The summed E-state index contributed by atoms with van der Waals surface area (Å²) in [4.78, 5) is 37.3. The molecule has 0 radical (unpaired) electrons. The zero-order valence-electron chi connectivity index (χ0n) is 17.0. The third kappa shape index (κ3) is 5.03. The predicted octanol–water partition coefficient (Wildman–Crippen LogP) is 3.17. The van der Waals surface area contributed by atoms with Gasteiger partial charge < -0.3 is 20.1 Å². The van der Waals surface area contributed by atoms with Gasteiger partial charge in [0.1, 0.15) is 11.8 Å². The van der Waals surface area contributed by atoms with Crippen molar-refractivity contribution in [3.8, 4) is 5.75 Å². The summed E-state index contributed by atoms with van der Waals surface area (Å²) in [7, 11) is 1.82. The van der Waals surface area contributed by atoms with Crippen LogP contribution in [0.1, 0.15) is 52.0 Å². The Kier molecular flexibility index (Phi) is 7.05. The largest absolute Gasteiger partial charge is 0.480 e. The molecule has 154 valence electrons. The molecule has 2 unspecified atom stereocenters. The SMILES string of the molecule is CCC1(c2cccc(OC(=O)NC(C(=O)O)C(C)C)c2)CCCC(=O)N(C)C1. The van der Waals surface area contributed by atoms with Gasteiger partial charge in [0.05, 0.1) is 0 Å². The number of aliphatic carboxylic acids is 1. The number of nitrogens with zero attached hydrogens (tertiary/aromatic N) is 1. The van der Waals surface area contributed by atoms with Crippen LogP contribution in [-0.2, 0) is 15.0 Å². The van der Waals surface area contributed by atoms with Crippen molar-refractivity contribution in [2.75, 3.05) is 13.6 Å². The van der Waals surface area contributed by atoms with Crippen molar-refractivity contribution in [2.45, 2.75) is 57.9 Å². The number of carbonyl (C=O) groups is 3. The molecule has 1 aromatic rings. The first-order valence-electron chi connectivity index (χ1n) is 9.74. The normalized spacial score (nSPS) is 21.2. The van der Waals surface area contributed by atoms with Gasteiger partial charge in [-0.1, -0.05) is 32.9 Å². The van der Waals surface area contributed by atoms with Crippen molar-refractivity contribution in [1.82, 2.24) is 10.2 Å². The van der Waals surface area contributed by atoms with Crippen molar-refractivity contribution in [3.63, 3.8) is 0 Å². The van der Waals surface area contributed by atoms with Crippen molar-refractivity contribution in [1.29, 1.82) is 0 Å². The molecule has 0 aromatic heterocycles. The number of amides is 2. The van der Waals surface area contributed by atoms with Crippen LogP contribution < -0.4 is 10.1 Å². The number of nitrogens with one attached hydrogen (secondary N) is 1. The minimum Gasteiger partial charge on any atom is -0.480 e. The molecule has 7 heteroatoms. The Morgan fingerprint density at radius 3 is 2.68 bits per heavy atom. The summed E-state index contributed by atoms with van der Waals surface area (Å²) in [6.45, 7) is 6.15. The van der Waals surface area contributed by atoms with Crippen LogP contribution in [0.5, 0.6) is 5.75 Å². The van der Waals surface area contributed by atoms with Crippen molar-refractivity contribution >= 4 is 18.0 Å². The molecule has 1 saturated heterocycles. The molecule has 0 bridgehead atoms. The molecule has 2 amide bonds. The van der Waals surface area contributed by atoms with Crippen LogP contribution in [0.3, 0.4) is 0 Å². The van der Waals surface area contributed by atoms with Crippen LogP contribution in [0.25, 0.3) is 0 Å². The molecule has 1 fully saturated rings. The summed E-state index contributed by atoms with van der Waals surface area (Å²) in [6, 6.07) is 6.28. The van der Waals surface area contributed by atoms with E-state index in [0.717, 1.165) is 24.8 Å². The van der Waals surface area contributed by atoms with Crippen LogP contribution in [0.2, 0.25) is 0 Å². The lowest BCUT2D eigenvalue weighted by atomic mass is 9.74. The monoisotopic (exact) mass is 390 g/mol. The molecule has 1 heterocycles. The smallest absolute Gasteiger partial charge is 0.413 e. The van der Waals surface area contributed by atoms with E-state index in [1.807, 2.05) is 25.2 Å². The van der Waals surface area contributed by atoms with Gasteiger partial charge in [0.2, 0.25) is 5.91 Å². The number of ether oxygens (including phenoxy) is 1. The highest BCUT2D eigenvalue weighted by molar-refractivity contribution is 5.81. The fourth-order valence-corrected chi connectivity index (χ4v) is 3.78. The summed E-state index contributed by atoms with van der Waals surface area (Å²) < 4.78 is 5.35. The summed E-state index contributed by atoms with van der Waals surface area (Å²) in [5.41, 5.74) is 0.818. The second kappa shape index (κ2) is 9.08. The third-order valence-electron chi connectivity index (χ3n) is 5.55. The minimum atomic E-state index is -1.10. The van der Waals surface area contributed by atoms with Gasteiger partial charge in [-0.15, -0.1) is 0 Å². The molecular weight excluding hydrogens is 360 g/mol. The molecule has 1 aliphatic heterocycles. The van der Waals surface area contributed by atoms with Crippen LogP contribution in [0, 0.1) is 5.92 Å². The average Bonchev–Trinajstić information content (AvgIpc) is 2.79. The summed E-state index contributed by atoms with van der Waals surface area (Å²) in [6.07, 6.45) is 2.30. The number of hydrogen-bond acceptors (Lipinski definition) is 4. The second-order valence-electron chi connectivity index (χ2n) is 7.86. The lowest BCUT2D eigenvalue weighted by molar-refractivity contribution is -0.140.